The second-order valence-electron chi connectivity index (χ2n) is 8.90. The van der Waals surface area contributed by atoms with Crippen LogP contribution in [0.15, 0.2) is 28.7 Å². The van der Waals surface area contributed by atoms with Gasteiger partial charge in [-0.15, -0.1) is 0 Å². The molecule has 4 N–H and O–H groups in total. The van der Waals surface area contributed by atoms with Gasteiger partial charge in [0.05, 0.1) is 5.75 Å². The monoisotopic (exact) mass is 530 g/mol. The highest BCUT2D eigenvalue weighted by molar-refractivity contribution is 7.89. The van der Waals surface area contributed by atoms with Crippen molar-refractivity contribution in [1.29, 1.82) is 0 Å². The number of hydrogen-bond acceptors (Lipinski definition) is 9. The van der Waals surface area contributed by atoms with Crippen molar-refractivity contribution in [1.82, 2.24) is 19.5 Å². The van der Waals surface area contributed by atoms with Gasteiger partial charge in [0.2, 0.25) is 10.0 Å². The van der Waals surface area contributed by atoms with Crippen LogP contribution in [0.5, 0.6) is 11.5 Å². The third-order valence-corrected chi connectivity index (χ3v) is 6.96. The zero-order valence-corrected chi connectivity index (χ0v) is 21.1. The number of sulfonamides is 1. The number of nitrogen functional groups attached to an aromatic ring is 1. The highest BCUT2D eigenvalue weighted by atomic mass is 32.2. The molecule has 196 valence electrons. The van der Waals surface area contributed by atoms with Crippen LogP contribution in [0, 0.1) is 13.0 Å². The molecule has 0 atom stereocenters. The Morgan fingerprint density at radius 1 is 1.05 bits per heavy atom. The topological polar surface area (TPSA) is 161 Å². The van der Waals surface area contributed by atoms with Crippen LogP contribution < -0.4 is 20.3 Å². The van der Waals surface area contributed by atoms with Crippen molar-refractivity contribution in [3.63, 3.8) is 0 Å². The second kappa shape index (κ2) is 9.98. The molecule has 4 aromatic rings. The minimum absolute atomic E-state index is 0.0548. The number of furan rings is 1. The first-order valence-corrected chi connectivity index (χ1v) is 13.6. The standard InChI is InChI=1S/C24H27FN6O5S/c1-14-5-6-17(36-14)16-13-19-18(34-8-9-35-19)11-15(16)12-20-28-21-22(26)29-24(25)30-23(21)31(20)7-3-2-4-10-37(27,32)33/h5-6,11,13H,2-4,7-10,12H2,1H3,(H2,26,29,30)(H2,27,32,33). The normalized spacial score (nSPS) is 13.4. The van der Waals surface area contributed by atoms with Crippen LogP contribution >= 0.6 is 0 Å². The molecule has 5 rings (SSSR count). The molecule has 0 aliphatic carbocycles. The third kappa shape index (κ3) is 5.52. The van der Waals surface area contributed by atoms with Crippen LogP contribution in [-0.4, -0.2) is 46.9 Å². The van der Waals surface area contributed by atoms with Gasteiger partial charge in [-0.3, -0.25) is 0 Å². The van der Waals surface area contributed by atoms with Gasteiger partial charge >= 0.3 is 6.08 Å². The molecule has 0 saturated carbocycles. The zero-order valence-electron chi connectivity index (χ0n) is 20.2. The van der Waals surface area contributed by atoms with E-state index in [4.69, 9.17) is 24.8 Å². The smallest absolute Gasteiger partial charge is 0.312 e. The lowest BCUT2D eigenvalue weighted by atomic mass is 10.0. The molecule has 0 unspecified atom stereocenters. The maximum Gasteiger partial charge on any atom is 0.312 e. The van der Waals surface area contributed by atoms with Crippen LogP contribution in [-0.2, 0) is 23.0 Å². The summed E-state index contributed by atoms with van der Waals surface area (Å²) in [6, 6.07) is 7.55. The molecule has 0 spiro atoms. The predicted octanol–water partition coefficient (Wildman–Crippen LogP) is 2.94. The lowest BCUT2D eigenvalue weighted by molar-refractivity contribution is 0.171. The lowest BCUT2D eigenvalue weighted by Crippen LogP contribution is -2.16. The number of halogens is 1. The van der Waals surface area contributed by atoms with E-state index in [1.54, 1.807) is 4.57 Å². The minimum atomic E-state index is -3.53. The van der Waals surface area contributed by atoms with Crippen LogP contribution in [0.1, 0.15) is 36.4 Å². The summed E-state index contributed by atoms with van der Waals surface area (Å²) in [6.45, 7) is 3.18. The fraction of sp³-hybridized carbons (Fsp3) is 0.375. The van der Waals surface area contributed by atoms with Crippen molar-refractivity contribution < 1.29 is 26.7 Å². The molecule has 37 heavy (non-hydrogen) atoms. The summed E-state index contributed by atoms with van der Waals surface area (Å²) >= 11 is 0. The van der Waals surface area contributed by atoms with Gasteiger partial charge in [0, 0.05) is 18.5 Å². The summed E-state index contributed by atoms with van der Waals surface area (Å²) in [6.07, 6.45) is 0.999. The Hall–Kier alpha value is -3.71. The van der Waals surface area contributed by atoms with E-state index in [1.165, 1.54) is 0 Å². The van der Waals surface area contributed by atoms with Gasteiger partial charge in [-0.25, -0.2) is 18.5 Å². The fourth-order valence-electron chi connectivity index (χ4n) is 4.42. The summed E-state index contributed by atoms with van der Waals surface area (Å²) in [4.78, 5) is 12.2. The van der Waals surface area contributed by atoms with Crippen molar-refractivity contribution in [2.24, 2.45) is 5.14 Å². The van der Waals surface area contributed by atoms with E-state index in [0.717, 1.165) is 16.9 Å². The van der Waals surface area contributed by atoms with Gasteiger partial charge in [0.1, 0.15) is 30.6 Å². The molecule has 1 aliphatic rings. The molecule has 3 aromatic heterocycles. The molecule has 1 aliphatic heterocycles. The number of unbranched alkanes of at least 4 members (excludes halogenated alkanes) is 2. The number of nitrogens with zero attached hydrogens (tertiary/aromatic N) is 4. The maximum atomic E-state index is 14.1. The van der Waals surface area contributed by atoms with Crippen molar-refractivity contribution >= 4 is 27.0 Å². The highest BCUT2D eigenvalue weighted by Gasteiger charge is 2.22. The van der Waals surface area contributed by atoms with Crippen molar-refractivity contribution in [3.8, 4) is 22.8 Å². The number of ether oxygens (including phenoxy) is 2. The van der Waals surface area contributed by atoms with E-state index in [9.17, 15) is 12.8 Å². The van der Waals surface area contributed by atoms with Crippen LogP contribution in [0.3, 0.4) is 0 Å². The third-order valence-electron chi connectivity index (χ3n) is 6.11. The second-order valence-corrected chi connectivity index (χ2v) is 10.6. The highest BCUT2D eigenvalue weighted by Crippen LogP contribution is 2.39. The summed E-state index contributed by atoms with van der Waals surface area (Å²) in [7, 11) is -3.53. The Morgan fingerprint density at radius 2 is 1.81 bits per heavy atom. The lowest BCUT2D eigenvalue weighted by Gasteiger charge is -2.21. The van der Waals surface area contributed by atoms with Gasteiger partial charge in [0.25, 0.3) is 0 Å². The van der Waals surface area contributed by atoms with E-state index in [2.05, 4.69) is 15.0 Å². The summed E-state index contributed by atoms with van der Waals surface area (Å²) in [5, 5.41) is 5.10. The van der Waals surface area contributed by atoms with E-state index in [-0.39, 0.29) is 17.2 Å². The Morgan fingerprint density at radius 3 is 2.51 bits per heavy atom. The molecule has 0 radical (unpaired) electrons. The molecule has 4 heterocycles. The Kier molecular flexibility index (Phi) is 6.73. The number of fused-ring (bicyclic) bond motifs is 2. The van der Waals surface area contributed by atoms with Crippen LogP contribution in [0.25, 0.3) is 22.5 Å². The van der Waals surface area contributed by atoms with Crippen molar-refractivity contribution in [3.05, 3.63) is 47.5 Å². The molecule has 13 heteroatoms. The predicted molar refractivity (Wildman–Crippen MR) is 134 cm³/mol. The van der Waals surface area contributed by atoms with Gasteiger partial charge in [0.15, 0.2) is 28.5 Å². The first kappa shape index (κ1) is 25.0. The number of rotatable bonds is 9. The first-order valence-electron chi connectivity index (χ1n) is 11.9. The van der Waals surface area contributed by atoms with Gasteiger partial charge < -0.3 is 24.2 Å². The van der Waals surface area contributed by atoms with Crippen LogP contribution in [0.4, 0.5) is 10.2 Å². The summed E-state index contributed by atoms with van der Waals surface area (Å²) in [5.74, 6) is 3.11. The maximum absolute atomic E-state index is 14.1. The molecule has 1 aromatic carbocycles. The molecule has 0 fully saturated rings. The SMILES string of the molecule is Cc1ccc(-c2cc3c(cc2Cc2nc4c(N)nc(F)nc4n2CCCCCS(N)(=O)=O)OCCO3)o1. The Balaban J connectivity index is 1.53. The quantitative estimate of drug-likeness (QED) is 0.245. The molecular weight excluding hydrogens is 503 g/mol. The number of nitrogens with two attached hydrogens (primary N) is 2. The van der Waals surface area contributed by atoms with Crippen molar-refractivity contribution in [2.75, 3.05) is 24.7 Å². The average Bonchev–Trinajstić information content (AvgIpc) is 3.41. The zero-order chi connectivity index (χ0) is 26.2. The number of anilines is 1. The molecule has 0 saturated heterocycles. The molecular formula is C24H27FN6O5S. The van der Waals surface area contributed by atoms with Crippen molar-refractivity contribution in [2.45, 2.75) is 39.2 Å². The fourth-order valence-corrected chi connectivity index (χ4v) is 5.02. The number of aryl methyl sites for hydroxylation is 2. The van der Waals surface area contributed by atoms with E-state index >= 15 is 0 Å². The molecule has 11 nitrogen and oxygen atoms in total. The number of aromatic nitrogens is 4. The first-order chi connectivity index (χ1) is 17.7. The van der Waals surface area contributed by atoms with E-state index in [1.807, 2.05) is 31.2 Å². The largest absolute Gasteiger partial charge is 0.486 e. The average molecular weight is 531 g/mol. The number of primary sulfonamides is 1. The number of hydrogen-bond donors (Lipinski definition) is 2. The number of benzene rings is 1. The molecule has 0 amide bonds. The van der Waals surface area contributed by atoms with Gasteiger partial charge in [-0.1, -0.05) is 6.42 Å². The molecule has 0 bridgehead atoms. The van der Waals surface area contributed by atoms with Gasteiger partial charge in [-0.05, 0) is 49.6 Å². The van der Waals surface area contributed by atoms with Crippen LogP contribution in [0.2, 0.25) is 0 Å². The minimum Gasteiger partial charge on any atom is -0.486 e. The summed E-state index contributed by atoms with van der Waals surface area (Å²) in [5.41, 5.74) is 8.22. The Bertz CT molecular complexity index is 1570. The van der Waals surface area contributed by atoms with E-state index < -0.39 is 16.1 Å². The summed E-state index contributed by atoms with van der Waals surface area (Å²) < 4.78 is 55.9. The van der Waals surface area contributed by atoms with Gasteiger partial charge in [-0.2, -0.15) is 14.4 Å². The number of imidazole rings is 1. The Labute approximate surface area is 212 Å². The van der Waals surface area contributed by atoms with E-state index in [0.29, 0.717) is 74.0 Å².